The SMILES string of the molecule is Cc1cccc2c1[C@H](Nc1ccc3cc(N)ccc3n1)CC2. The fourth-order valence-corrected chi connectivity index (χ4v) is 3.45. The van der Waals surface area contributed by atoms with Crippen LogP contribution in [0.4, 0.5) is 11.5 Å². The van der Waals surface area contributed by atoms with Gasteiger partial charge in [-0.05, 0) is 66.8 Å². The summed E-state index contributed by atoms with van der Waals surface area (Å²) in [5, 5.41) is 4.68. The first-order valence-corrected chi connectivity index (χ1v) is 7.72. The Morgan fingerprint density at radius 3 is 2.95 bits per heavy atom. The molecule has 2 aromatic carbocycles. The Morgan fingerprint density at radius 1 is 1.14 bits per heavy atom. The first kappa shape index (κ1) is 13.1. The van der Waals surface area contributed by atoms with Crippen molar-refractivity contribution in [3.05, 3.63) is 65.2 Å². The third-order valence-electron chi connectivity index (χ3n) is 4.50. The highest BCUT2D eigenvalue weighted by Gasteiger charge is 2.24. The first-order valence-electron chi connectivity index (χ1n) is 7.72. The van der Waals surface area contributed by atoms with Crippen LogP contribution < -0.4 is 11.1 Å². The standard InChI is InChI=1S/C19H19N3/c1-12-3-2-4-13-5-8-17(19(12)13)22-18-10-6-14-11-15(20)7-9-16(14)21-18/h2-4,6-7,9-11,17H,5,8,20H2,1H3,(H,21,22)/t17-/m1/s1. The first-order chi connectivity index (χ1) is 10.7. The van der Waals surface area contributed by atoms with Crippen LogP contribution in [0.5, 0.6) is 0 Å². The lowest BCUT2D eigenvalue weighted by molar-refractivity contribution is 0.755. The van der Waals surface area contributed by atoms with Gasteiger partial charge in [0.05, 0.1) is 11.6 Å². The van der Waals surface area contributed by atoms with E-state index in [-0.39, 0.29) is 0 Å². The number of benzene rings is 2. The molecule has 1 aliphatic rings. The van der Waals surface area contributed by atoms with E-state index in [0.29, 0.717) is 6.04 Å². The molecule has 0 aliphatic heterocycles. The molecule has 0 fully saturated rings. The Hall–Kier alpha value is -2.55. The zero-order valence-electron chi connectivity index (χ0n) is 12.6. The molecule has 110 valence electrons. The summed E-state index contributed by atoms with van der Waals surface area (Å²) in [4.78, 5) is 4.72. The molecule has 4 rings (SSSR count). The molecule has 1 atom stereocenters. The van der Waals surface area contributed by atoms with Crippen molar-refractivity contribution in [2.24, 2.45) is 0 Å². The molecule has 3 nitrogen and oxygen atoms in total. The number of nitrogens with zero attached hydrogens (tertiary/aromatic N) is 1. The van der Waals surface area contributed by atoms with Crippen molar-refractivity contribution in [1.82, 2.24) is 4.98 Å². The second kappa shape index (κ2) is 5.02. The van der Waals surface area contributed by atoms with Crippen LogP contribution in [0.1, 0.15) is 29.2 Å². The maximum Gasteiger partial charge on any atom is 0.127 e. The number of pyridine rings is 1. The van der Waals surface area contributed by atoms with Crippen LogP contribution in [0.25, 0.3) is 10.9 Å². The van der Waals surface area contributed by atoms with Crippen molar-refractivity contribution in [2.45, 2.75) is 25.8 Å². The van der Waals surface area contributed by atoms with Crippen molar-refractivity contribution < 1.29 is 0 Å². The van der Waals surface area contributed by atoms with Gasteiger partial charge in [0.15, 0.2) is 0 Å². The number of fused-ring (bicyclic) bond motifs is 2. The van der Waals surface area contributed by atoms with Crippen LogP contribution in [-0.4, -0.2) is 4.98 Å². The maximum atomic E-state index is 5.82. The van der Waals surface area contributed by atoms with Gasteiger partial charge in [-0.15, -0.1) is 0 Å². The van der Waals surface area contributed by atoms with Gasteiger partial charge in [0, 0.05) is 11.1 Å². The van der Waals surface area contributed by atoms with Gasteiger partial charge in [-0.3, -0.25) is 0 Å². The zero-order chi connectivity index (χ0) is 15.1. The molecule has 3 heteroatoms. The average Bonchev–Trinajstić information content (AvgIpc) is 2.92. The van der Waals surface area contributed by atoms with E-state index in [1.54, 1.807) is 0 Å². The number of anilines is 2. The monoisotopic (exact) mass is 289 g/mol. The van der Waals surface area contributed by atoms with Gasteiger partial charge in [0.2, 0.25) is 0 Å². The summed E-state index contributed by atoms with van der Waals surface area (Å²) in [7, 11) is 0. The molecule has 1 aromatic heterocycles. The van der Waals surface area contributed by atoms with Gasteiger partial charge in [-0.1, -0.05) is 18.2 Å². The van der Waals surface area contributed by atoms with Gasteiger partial charge >= 0.3 is 0 Å². The summed E-state index contributed by atoms with van der Waals surface area (Å²) in [5.74, 6) is 0.929. The topological polar surface area (TPSA) is 50.9 Å². The highest BCUT2D eigenvalue weighted by Crippen LogP contribution is 2.35. The van der Waals surface area contributed by atoms with Crippen molar-refractivity contribution >= 4 is 22.4 Å². The third-order valence-corrected chi connectivity index (χ3v) is 4.50. The van der Waals surface area contributed by atoms with Crippen LogP contribution in [0.2, 0.25) is 0 Å². The number of hydrogen-bond donors (Lipinski definition) is 2. The number of aryl methyl sites for hydroxylation is 2. The quantitative estimate of drug-likeness (QED) is 0.694. The molecule has 0 unspecified atom stereocenters. The van der Waals surface area contributed by atoms with Gasteiger partial charge < -0.3 is 11.1 Å². The second-order valence-electron chi connectivity index (χ2n) is 6.03. The molecular weight excluding hydrogens is 270 g/mol. The van der Waals surface area contributed by atoms with E-state index in [1.807, 2.05) is 24.3 Å². The van der Waals surface area contributed by atoms with E-state index in [2.05, 4.69) is 36.5 Å². The van der Waals surface area contributed by atoms with Crippen molar-refractivity contribution in [3.8, 4) is 0 Å². The number of aromatic nitrogens is 1. The lowest BCUT2D eigenvalue weighted by atomic mass is 10.0. The predicted octanol–water partition coefficient (Wildman–Crippen LogP) is 4.22. The third kappa shape index (κ3) is 2.19. The van der Waals surface area contributed by atoms with E-state index in [9.17, 15) is 0 Å². The minimum atomic E-state index is 0.356. The summed E-state index contributed by atoms with van der Waals surface area (Å²) in [5.41, 5.74) is 11.8. The van der Waals surface area contributed by atoms with Crippen LogP contribution in [0.3, 0.4) is 0 Å². The summed E-state index contributed by atoms with van der Waals surface area (Å²) in [6, 6.07) is 16.9. The summed E-state index contributed by atoms with van der Waals surface area (Å²) >= 11 is 0. The van der Waals surface area contributed by atoms with E-state index in [4.69, 9.17) is 10.7 Å². The van der Waals surface area contributed by atoms with E-state index < -0.39 is 0 Å². The molecule has 0 radical (unpaired) electrons. The van der Waals surface area contributed by atoms with Crippen molar-refractivity contribution in [2.75, 3.05) is 11.1 Å². The second-order valence-corrected chi connectivity index (χ2v) is 6.03. The van der Waals surface area contributed by atoms with Crippen LogP contribution in [0.15, 0.2) is 48.5 Å². The fraction of sp³-hybridized carbons (Fsp3) is 0.211. The van der Waals surface area contributed by atoms with Gasteiger partial charge in [-0.2, -0.15) is 0 Å². The number of nitrogens with one attached hydrogen (secondary N) is 1. The highest BCUT2D eigenvalue weighted by molar-refractivity contribution is 5.83. The Balaban J connectivity index is 1.67. The largest absolute Gasteiger partial charge is 0.399 e. The summed E-state index contributed by atoms with van der Waals surface area (Å²) in [6.45, 7) is 2.19. The van der Waals surface area contributed by atoms with Crippen molar-refractivity contribution in [3.63, 3.8) is 0 Å². The highest BCUT2D eigenvalue weighted by atomic mass is 15.0. The zero-order valence-corrected chi connectivity index (χ0v) is 12.6. The molecule has 0 saturated carbocycles. The summed E-state index contributed by atoms with van der Waals surface area (Å²) in [6.07, 6.45) is 2.26. The summed E-state index contributed by atoms with van der Waals surface area (Å²) < 4.78 is 0. The van der Waals surface area contributed by atoms with Gasteiger partial charge in [0.1, 0.15) is 5.82 Å². The smallest absolute Gasteiger partial charge is 0.127 e. The normalized spacial score (nSPS) is 16.7. The van der Waals surface area contributed by atoms with E-state index >= 15 is 0 Å². The average molecular weight is 289 g/mol. The minimum absolute atomic E-state index is 0.356. The molecule has 1 aliphatic carbocycles. The lowest BCUT2D eigenvalue weighted by Crippen LogP contribution is -2.09. The lowest BCUT2D eigenvalue weighted by Gasteiger charge is -2.17. The molecule has 3 N–H and O–H groups in total. The molecule has 0 spiro atoms. The molecule has 1 heterocycles. The van der Waals surface area contributed by atoms with Crippen LogP contribution >= 0.6 is 0 Å². The molecule has 0 saturated heterocycles. The number of hydrogen-bond acceptors (Lipinski definition) is 3. The van der Waals surface area contributed by atoms with E-state index in [0.717, 1.165) is 35.2 Å². The Kier molecular flexibility index (Phi) is 3.00. The van der Waals surface area contributed by atoms with Crippen LogP contribution in [0, 0.1) is 6.92 Å². The minimum Gasteiger partial charge on any atom is -0.399 e. The predicted molar refractivity (Wildman–Crippen MR) is 92.0 cm³/mol. The van der Waals surface area contributed by atoms with Gasteiger partial charge in [-0.25, -0.2) is 4.98 Å². The molecule has 0 amide bonds. The number of nitrogen functional groups attached to an aromatic ring is 1. The number of rotatable bonds is 2. The number of nitrogens with two attached hydrogens (primary N) is 1. The molecular formula is C19H19N3. The maximum absolute atomic E-state index is 5.82. The van der Waals surface area contributed by atoms with E-state index in [1.165, 1.54) is 16.7 Å². The van der Waals surface area contributed by atoms with Crippen LogP contribution in [-0.2, 0) is 6.42 Å². The molecule has 22 heavy (non-hydrogen) atoms. The van der Waals surface area contributed by atoms with Crippen molar-refractivity contribution in [1.29, 1.82) is 0 Å². The Morgan fingerprint density at radius 2 is 2.05 bits per heavy atom. The molecule has 3 aromatic rings. The fourth-order valence-electron chi connectivity index (χ4n) is 3.45. The Bertz CT molecular complexity index is 854. The molecule has 0 bridgehead atoms. The Labute approximate surface area is 130 Å². The van der Waals surface area contributed by atoms with Gasteiger partial charge in [0.25, 0.3) is 0 Å².